The number of hydrogen-bond acceptors (Lipinski definition) is 7. The third-order valence-electron chi connectivity index (χ3n) is 5.50. The van der Waals surface area contributed by atoms with E-state index in [0.717, 1.165) is 11.8 Å². The van der Waals surface area contributed by atoms with Gasteiger partial charge in [0.15, 0.2) is 0 Å². The number of amides is 3. The Bertz CT molecular complexity index is 1450. The van der Waals surface area contributed by atoms with E-state index >= 15 is 0 Å². The highest BCUT2D eigenvalue weighted by Gasteiger charge is 2.36. The third-order valence-corrected chi connectivity index (χ3v) is 6.31. The second kappa shape index (κ2) is 8.99. The van der Waals surface area contributed by atoms with Crippen LogP contribution in [-0.4, -0.2) is 27.7 Å². The summed E-state index contributed by atoms with van der Waals surface area (Å²) in [6.07, 6.45) is 1.61. The number of thioether (sulfide) groups is 1. The molecule has 3 aromatic carbocycles. The first-order valence-corrected chi connectivity index (χ1v) is 11.3. The molecule has 2 heterocycles. The van der Waals surface area contributed by atoms with Crippen LogP contribution in [-0.2, 0) is 9.59 Å². The molecule has 10 heteroatoms. The van der Waals surface area contributed by atoms with E-state index < -0.39 is 22.0 Å². The number of carbonyl (C=O) groups is 3. The Morgan fingerprint density at radius 1 is 0.971 bits per heavy atom. The molecule has 0 radical (unpaired) electrons. The summed E-state index contributed by atoms with van der Waals surface area (Å²) >= 11 is 0.836. The van der Waals surface area contributed by atoms with Crippen LogP contribution in [0.4, 0.5) is 21.9 Å². The molecule has 1 fully saturated rings. The Labute approximate surface area is 203 Å². The van der Waals surface area contributed by atoms with Crippen LogP contribution < -0.4 is 10.6 Å². The lowest BCUT2D eigenvalue weighted by Gasteiger charge is -2.14. The first-order valence-electron chi connectivity index (χ1n) is 10.5. The van der Waals surface area contributed by atoms with Gasteiger partial charge in [-0.05, 0) is 47.2 Å². The molecule has 1 saturated heterocycles. The van der Waals surface area contributed by atoms with Gasteiger partial charge in [-0.1, -0.05) is 42.5 Å². The van der Waals surface area contributed by atoms with E-state index in [1.54, 1.807) is 30.3 Å². The van der Waals surface area contributed by atoms with Crippen molar-refractivity contribution in [2.45, 2.75) is 5.92 Å². The first kappa shape index (κ1) is 22.2. The van der Waals surface area contributed by atoms with Gasteiger partial charge in [0.05, 0.1) is 21.2 Å². The molecule has 2 N–H and O–H groups in total. The molecule has 172 valence electrons. The monoisotopic (exact) mass is 484 g/mol. The number of anilines is 1. The Morgan fingerprint density at radius 2 is 1.71 bits per heavy atom. The average Bonchev–Trinajstić information content (AvgIpc) is 3.35. The second-order valence-corrected chi connectivity index (χ2v) is 8.77. The fourth-order valence-corrected chi connectivity index (χ4v) is 4.58. The minimum absolute atomic E-state index is 0.109. The van der Waals surface area contributed by atoms with Crippen LogP contribution in [0.2, 0.25) is 0 Å². The van der Waals surface area contributed by atoms with Crippen LogP contribution in [0.3, 0.4) is 0 Å². The molecule has 2 aliphatic rings. The molecule has 0 saturated carbocycles. The largest absolute Gasteiger partial charge is 0.325 e. The zero-order chi connectivity index (χ0) is 24.5. The molecule has 1 unspecified atom stereocenters. The van der Waals surface area contributed by atoms with Gasteiger partial charge in [0.25, 0.3) is 16.8 Å². The Morgan fingerprint density at radius 3 is 2.37 bits per heavy atom. The number of rotatable bonds is 5. The van der Waals surface area contributed by atoms with Crippen LogP contribution in [0.25, 0.3) is 6.08 Å². The van der Waals surface area contributed by atoms with Gasteiger partial charge in [0.2, 0.25) is 5.91 Å². The van der Waals surface area contributed by atoms with Crippen molar-refractivity contribution in [3.05, 3.63) is 105 Å². The zero-order valence-electron chi connectivity index (χ0n) is 17.9. The maximum absolute atomic E-state index is 13.0. The van der Waals surface area contributed by atoms with Crippen LogP contribution in [0, 0.1) is 10.1 Å². The van der Waals surface area contributed by atoms with Crippen LogP contribution in [0.1, 0.15) is 22.6 Å². The van der Waals surface area contributed by atoms with E-state index in [1.807, 2.05) is 30.3 Å². The number of nitro groups is 1. The fourth-order valence-electron chi connectivity index (χ4n) is 3.90. The number of hydrogen-bond donors (Lipinski definition) is 2. The predicted octanol–water partition coefficient (Wildman–Crippen LogP) is 4.78. The number of nitrogens with one attached hydrogen (secondary N) is 2. The Hall–Kier alpha value is -4.57. The van der Waals surface area contributed by atoms with E-state index in [0.29, 0.717) is 38.7 Å². The summed E-state index contributed by atoms with van der Waals surface area (Å²) in [6, 6.07) is 20.4. The Kier molecular flexibility index (Phi) is 5.71. The number of imide groups is 1. The van der Waals surface area contributed by atoms with E-state index in [4.69, 9.17) is 4.99 Å². The molecule has 0 aliphatic carbocycles. The number of nitrogens with zero attached hydrogens (tertiary/aromatic N) is 2. The van der Waals surface area contributed by atoms with Gasteiger partial charge >= 0.3 is 0 Å². The Balaban J connectivity index is 1.55. The van der Waals surface area contributed by atoms with E-state index in [9.17, 15) is 24.5 Å². The lowest BCUT2D eigenvalue weighted by Crippen LogP contribution is -2.22. The normalized spacial score (nSPS) is 18.4. The molecule has 0 aromatic heterocycles. The highest BCUT2D eigenvalue weighted by atomic mass is 32.2. The third kappa shape index (κ3) is 4.46. The number of non-ortho nitro benzene ring substituents is 1. The molecule has 1 atom stereocenters. The number of aliphatic imine (C=N–C) groups is 1. The maximum atomic E-state index is 13.0. The van der Waals surface area contributed by atoms with Gasteiger partial charge in [-0.15, -0.1) is 0 Å². The van der Waals surface area contributed by atoms with Crippen molar-refractivity contribution in [2.75, 3.05) is 5.32 Å². The topological polar surface area (TPSA) is 131 Å². The summed E-state index contributed by atoms with van der Waals surface area (Å²) in [6.45, 7) is 0. The van der Waals surface area contributed by atoms with Gasteiger partial charge in [-0.25, -0.2) is 0 Å². The van der Waals surface area contributed by atoms with Gasteiger partial charge in [0, 0.05) is 23.4 Å². The van der Waals surface area contributed by atoms with E-state index in [1.165, 1.54) is 18.2 Å². The van der Waals surface area contributed by atoms with Crippen LogP contribution in [0.5, 0.6) is 0 Å². The van der Waals surface area contributed by atoms with Crippen molar-refractivity contribution in [1.29, 1.82) is 0 Å². The van der Waals surface area contributed by atoms with Crippen molar-refractivity contribution in [1.82, 2.24) is 5.32 Å². The quantitative estimate of drug-likeness (QED) is 0.232. The lowest BCUT2D eigenvalue weighted by atomic mass is 9.90. The SMILES string of the molecule is O=C1NC(=O)C(=Cc2ccc(N=C(c3ccccc3)C3C(=O)Nc4ccc([N+](=O)[O-])cc43)cc2)S1. The van der Waals surface area contributed by atoms with E-state index in [2.05, 4.69) is 10.6 Å². The molecule has 0 bridgehead atoms. The summed E-state index contributed by atoms with van der Waals surface area (Å²) in [5, 5.41) is 15.9. The number of carbonyl (C=O) groups excluding carboxylic acids is 3. The molecule has 9 nitrogen and oxygen atoms in total. The fraction of sp³-hybridized carbons (Fsp3) is 0.0400. The first-order chi connectivity index (χ1) is 16.9. The summed E-state index contributed by atoms with van der Waals surface area (Å²) in [5.41, 5.74) is 3.30. The number of nitro benzene ring substituents is 1. The smallest absolute Gasteiger partial charge is 0.290 e. The molecular weight excluding hydrogens is 468 g/mol. The minimum Gasteiger partial charge on any atom is -0.325 e. The van der Waals surface area contributed by atoms with Crippen molar-refractivity contribution in [2.24, 2.45) is 4.99 Å². The van der Waals surface area contributed by atoms with Gasteiger partial charge in [-0.2, -0.15) is 0 Å². The molecular formula is C25H16N4O5S. The molecule has 5 rings (SSSR count). The van der Waals surface area contributed by atoms with Crippen LogP contribution >= 0.6 is 11.8 Å². The van der Waals surface area contributed by atoms with Gasteiger partial charge in [0.1, 0.15) is 5.92 Å². The minimum atomic E-state index is -0.835. The maximum Gasteiger partial charge on any atom is 0.290 e. The zero-order valence-corrected chi connectivity index (χ0v) is 18.7. The second-order valence-electron chi connectivity index (χ2n) is 7.76. The summed E-state index contributed by atoms with van der Waals surface area (Å²) in [4.78, 5) is 52.0. The van der Waals surface area contributed by atoms with Gasteiger partial charge < -0.3 is 5.32 Å². The van der Waals surface area contributed by atoms with Crippen molar-refractivity contribution < 1.29 is 19.3 Å². The predicted molar refractivity (Wildman–Crippen MR) is 133 cm³/mol. The number of benzene rings is 3. The molecule has 3 aromatic rings. The lowest BCUT2D eigenvalue weighted by molar-refractivity contribution is -0.384. The van der Waals surface area contributed by atoms with E-state index in [-0.39, 0.29) is 11.6 Å². The highest BCUT2D eigenvalue weighted by Crippen LogP contribution is 2.38. The van der Waals surface area contributed by atoms with Crippen LogP contribution in [0.15, 0.2) is 82.7 Å². The summed E-state index contributed by atoms with van der Waals surface area (Å²) < 4.78 is 0. The van der Waals surface area contributed by atoms with Crippen molar-refractivity contribution >= 4 is 57.7 Å². The number of fused-ring (bicyclic) bond motifs is 1. The molecule has 3 amide bonds. The highest BCUT2D eigenvalue weighted by molar-refractivity contribution is 8.18. The molecule has 0 spiro atoms. The average molecular weight is 484 g/mol. The summed E-state index contributed by atoms with van der Waals surface area (Å²) in [5.74, 6) is -1.59. The molecule has 2 aliphatic heterocycles. The van der Waals surface area contributed by atoms with Crippen molar-refractivity contribution in [3.8, 4) is 0 Å². The van der Waals surface area contributed by atoms with Gasteiger partial charge in [-0.3, -0.25) is 34.8 Å². The standard InChI is InChI=1S/C25H16N4O5S/c30-23-20(35-25(32)28-23)12-14-6-8-16(9-7-14)26-22(15-4-2-1-3-5-15)21-18-13-17(29(33)34)10-11-19(18)27-24(21)31/h1-13,21H,(H,27,31)(H,28,30,32). The van der Waals surface area contributed by atoms with Crippen molar-refractivity contribution in [3.63, 3.8) is 0 Å². The summed E-state index contributed by atoms with van der Waals surface area (Å²) in [7, 11) is 0. The molecule has 35 heavy (non-hydrogen) atoms.